The van der Waals surface area contributed by atoms with Gasteiger partial charge in [0.2, 0.25) is 0 Å². The van der Waals surface area contributed by atoms with Gasteiger partial charge in [0.05, 0.1) is 6.61 Å². The summed E-state index contributed by atoms with van der Waals surface area (Å²) in [5, 5.41) is 2.47. The third-order valence-electron chi connectivity index (χ3n) is 1.88. The second kappa shape index (κ2) is 6.96. The molecular weight excluding hydrogens is 238 g/mol. The van der Waals surface area contributed by atoms with Gasteiger partial charge in [-0.05, 0) is 36.9 Å². The molecule has 17 heavy (non-hydrogen) atoms. The Labute approximate surface area is 105 Å². The van der Waals surface area contributed by atoms with Crippen LogP contribution in [0.5, 0.6) is 0 Å². The summed E-state index contributed by atoms with van der Waals surface area (Å²) in [7, 11) is 0. The van der Waals surface area contributed by atoms with Crippen LogP contribution in [0.25, 0.3) is 0 Å². The van der Waals surface area contributed by atoms with Crippen LogP contribution in [0.15, 0.2) is 29.2 Å². The van der Waals surface area contributed by atoms with E-state index in [0.29, 0.717) is 5.69 Å². The molecule has 1 N–H and O–H groups in total. The minimum absolute atomic E-state index is 0.193. The molecular formula is C12H15NO3S. The van der Waals surface area contributed by atoms with E-state index < -0.39 is 11.9 Å². The van der Waals surface area contributed by atoms with E-state index in [1.807, 2.05) is 12.1 Å². The summed E-state index contributed by atoms with van der Waals surface area (Å²) >= 11 is 1.71. The highest BCUT2D eigenvalue weighted by molar-refractivity contribution is 7.99. The fourth-order valence-corrected chi connectivity index (χ4v) is 1.84. The second-order valence-corrected chi connectivity index (χ2v) is 4.47. The standard InChI is InChI=1S/C12H15NO3S/c1-3-16-12(15)11(14)13-9-5-7-10(8-6-9)17-4-2/h5-8H,3-4H2,1-2H3,(H,13,14). The fourth-order valence-electron chi connectivity index (χ4n) is 1.18. The molecule has 0 spiro atoms. The Morgan fingerprint density at radius 1 is 1.24 bits per heavy atom. The number of carbonyl (C=O) groups excluding carboxylic acids is 2. The normalized spacial score (nSPS) is 9.76. The van der Waals surface area contributed by atoms with E-state index >= 15 is 0 Å². The molecule has 0 heterocycles. The number of ether oxygens (including phenoxy) is 1. The Balaban J connectivity index is 2.57. The smallest absolute Gasteiger partial charge is 0.397 e. The molecule has 1 aromatic carbocycles. The molecule has 1 amide bonds. The Bertz CT molecular complexity index is 389. The van der Waals surface area contributed by atoms with Gasteiger partial charge >= 0.3 is 11.9 Å². The maximum absolute atomic E-state index is 11.3. The third-order valence-corrected chi connectivity index (χ3v) is 2.78. The van der Waals surface area contributed by atoms with Gasteiger partial charge < -0.3 is 10.1 Å². The molecule has 0 saturated carbocycles. The molecule has 0 unspecified atom stereocenters. The average molecular weight is 253 g/mol. The molecule has 0 saturated heterocycles. The van der Waals surface area contributed by atoms with Crippen LogP contribution in [0.1, 0.15) is 13.8 Å². The van der Waals surface area contributed by atoms with E-state index in [1.165, 1.54) is 0 Å². The van der Waals surface area contributed by atoms with Crippen molar-refractivity contribution in [2.75, 3.05) is 17.7 Å². The topological polar surface area (TPSA) is 55.4 Å². The van der Waals surface area contributed by atoms with Crippen molar-refractivity contribution < 1.29 is 14.3 Å². The third kappa shape index (κ3) is 4.48. The Morgan fingerprint density at radius 3 is 2.41 bits per heavy atom. The van der Waals surface area contributed by atoms with Gasteiger partial charge in [-0.3, -0.25) is 4.79 Å². The van der Waals surface area contributed by atoms with Crippen molar-refractivity contribution in [2.24, 2.45) is 0 Å². The van der Waals surface area contributed by atoms with Gasteiger partial charge in [0.25, 0.3) is 0 Å². The van der Waals surface area contributed by atoms with Gasteiger partial charge in [0.1, 0.15) is 0 Å². The summed E-state index contributed by atoms with van der Waals surface area (Å²) in [4.78, 5) is 23.5. The van der Waals surface area contributed by atoms with Crippen LogP contribution in [-0.2, 0) is 14.3 Å². The van der Waals surface area contributed by atoms with Crippen LogP contribution in [-0.4, -0.2) is 24.2 Å². The lowest BCUT2D eigenvalue weighted by Gasteiger charge is -2.05. The largest absolute Gasteiger partial charge is 0.459 e. The lowest BCUT2D eigenvalue weighted by atomic mass is 10.3. The average Bonchev–Trinajstić information content (AvgIpc) is 2.32. The van der Waals surface area contributed by atoms with E-state index in [-0.39, 0.29) is 6.61 Å². The molecule has 0 radical (unpaired) electrons. The predicted molar refractivity (Wildman–Crippen MR) is 68.1 cm³/mol. The molecule has 0 aliphatic heterocycles. The molecule has 0 bridgehead atoms. The number of esters is 1. The van der Waals surface area contributed by atoms with Gasteiger partial charge in [-0.1, -0.05) is 6.92 Å². The number of hydrogen-bond donors (Lipinski definition) is 1. The van der Waals surface area contributed by atoms with E-state index in [0.717, 1.165) is 10.6 Å². The van der Waals surface area contributed by atoms with Crippen molar-refractivity contribution in [3.05, 3.63) is 24.3 Å². The predicted octanol–water partition coefficient (Wildman–Crippen LogP) is 2.30. The summed E-state index contributed by atoms with van der Waals surface area (Å²) in [5.74, 6) is -0.614. The van der Waals surface area contributed by atoms with Crippen LogP contribution >= 0.6 is 11.8 Å². The number of amides is 1. The number of nitrogens with one attached hydrogen (secondary N) is 1. The number of thioether (sulfide) groups is 1. The van der Waals surface area contributed by atoms with Crippen molar-refractivity contribution in [3.8, 4) is 0 Å². The number of carbonyl (C=O) groups is 2. The molecule has 0 aromatic heterocycles. The summed E-state index contributed by atoms with van der Waals surface area (Å²) in [6.07, 6.45) is 0. The molecule has 1 rings (SSSR count). The summed E-state index contributed by atoms with van der Waals surface area (Å²) in [6.45, 7) is 3.92. The Morgan fingerprint density at radius 2 is 1.88 bits per heavy atom. The lowest BCUT2D eigenvalue weighted by molar-refractivity contribution is -0.152. The minimum atomic E-state index is -0.862. The maximum Gasteiger partial charge on any atom is 0.397 e. The first-order valence-corrected chi connectivity index (χ1v) is 6.37. The molecule has 1 aromatic rings. The number of benzene rings is 1. The fraction of sp³-hybridized carbons (Fsp3) is 0.333. The van der Waals surface area contributed by atoms with Gasteiger partial charge in [-0.15, -0.1) is 11.8 Å². The first kappa shape index (κ1) is 13.6. The van der Waals surface area contributed by atoms with Crippen LogP contribution < -0.4 is 5.32 Å². The second-order valence-electron chi connectivity index (χ2n) is 3.13. The zero-order chi connectivity index (χ0) is 12.7. The monoisotopic (exact) mass is 253 g/mol. The first-order valence-electron chi connectivity index (χ1n) is 5.38. The Hall–Kier alpha value is -1.49. The van der Waals surface area contributed by atoms with Crippen molar-refractivity contribution in [1.82, 2.24) is 0 Å². The van der Waals surface area contributed by atoms with Crippen molar-refractivity contribution >= 4 is 29.3 Å². The van der Waals surface area contributed by atoms with Crippen molar-refractivity contribution in [2.45, 2.75) is 18.7 Å². The van der Waals surface area contributed by atoms with E-state index in [2.05, 4.69) is 17.0 Å². The SMILES string of the molecule is CCOC(=O)C(=O)Nc1ccc(SCC)cc1. The van der Waals surface area contributed by atoms with Gasteiger partial charge in [0, 0.05) is 10.6 Å². The van der Waals surface area contributed by atoms with Crippen LogP contribution in [0.2, 0.25) is 0 Å². The molecule has 0 aliphatic rings. The van der Waals surface area contributed by atoms with Gasteiger partial charge in [-0.2, -0.15) is 0 Å². The minimum Gasteiger partial charge on any atom is -0.459 e. The molecule has 0 fully saturated rings. The van der Waals surface area contributed by atoms with E-state index in [4.69, 9.17) is 0 Å². The Kier molecular flexibility index (Phi) is 5.56. The summed E-state index contributed by atoms with van der Waals surface area (Å²) in [5.41, 5.74) is 0.587. The lowest BCUT2D eigenvalue weighted by Crippen LogP contribution is -2.24. The zero-order valence-corrected chi connectivity index (χ0v) is 10.7. The quantitative estimate of drug-likeness (QED) is 0.508. The van der Waals surface area contributed by atoms with Crippen LogP contribution in [0, 0.1) is 0 Å². The highest BCUT2D eigenvalue weighted by atomic mass is 32.2. The maximum atomic E-state index is 11.3. The molecule has 0 aliphatic carbocycles. The van der Waals surface area contributed by atoms with Gasteiger partial charge in [-0.25, -0.2) is 4.79 Å². The number of anilines is 1. The van der Waals surface area contributed by atoms with Crippen LogP contribution in [0.4, 0.5) is 5.69 Å². The van der Waals surface area contributed by atoms with E-state index in [9.17, 15) is 9.59 Å². The van der Waals surface area contributed by atoms with Crippen molar-refractivity contribution in [1.29, 1.82) is 0 Å². The zero-order valence-electron chi connectivity index (χ0n) is 9.86. The van der Waals surface area contributed by atoms with Crippen molar-refractivity contribution in [3.63, 3.8) is 0 Å². The molecule has 5 heteroatoms. The van der Waals surface area contributed by atoms with Gasteiger partial charge in [0.15, 0.2) is 0 Å². The van der Waals surface area contributed by atoms with Crippen LogP contribution in [0.3, 0.4) is 0 Å². The summed E-state index contributed by atoms with van der Waals surface area (Å²) < 4.78 is 4.58. The first-order chi connectivity index (χ1) is 8.17. The molecule has 4 nitrogen and oxygen atoms in total. The molecule has 92 valence electrons. The highest BCUT2D eigenvalue weighted by Crippen LogP contribution is 2.19. The highest BCUT2D eigenvalue weighted by Gasteiger charge is 2.14. The summed E-state index contributed by atoms with van der Waals surface area (Å²) in [6, 6.07) is 7.31. The molecule has 0 atom stereocenters. The van der Waals surface area contributed by atoms with E-state index in [1.54, 1.807) is 30.8 Å². The number of hydrogen-bond acceptors (Lipinski definition) is 4. The number of rotatable bonds is 4.